The Balaban J connectivity index is 1.86. The van der Waals surface area contributed by atoms with E-state index in [1.807, 2.05) is 0 Å². The van der Waals surface area contributed by atoms with E-state index >= 15 is 0 Å². The molecule has 0 aromatic heterocycles. The number of hydrogen-bond acceptors (Lipinski definition) is 6. The van der Waals surface area contributed by atoms with Crippen LogP contribution in [0.1, 0.15) is 26.7 Å². The van der Waals surface area contributed by atoms with Gasteiger partial charge in [0.05, 0.1) is 6.54 Å². The molecule has 1 spiro atoms. The molecule has 0 bridgehead atoms. The molecule has 2 fully saturated rings. The lowest BCUT2D eigenvalue weighted by atomic mass is 9.87. The highest BCUT2D eigenvalue weighted by Crippen LogP contribution is 2.30. The van der Waals surface area contributed by atoms with Gasteiger partial charge >= 0.3 is 5.97 Å². The molecular formula is C14H22N4O5. The average Bonchev–Trinajstić information content (AvgIpc) is 2.94. The van der Waals surface area contributed by atoms with E-state index in [2.05, 4.69) is 10.6 Å². The number of nitrogens with two attached hydrogens (primary N) is 1. The quantitative estimate of drug-likeness (QED) is 0.377. The molecule has 4 N–H and O–H groups in total. The van der Waals surface area contributed by atoms with E-state index < -0.39 is 35.5 Å². The number of esters is 1. The molecule has 23 heavy (non-hydrogen) atoms. The van der Waals surface area contributed by atoms with Crippen molar-refractivity contribution in [2.24, 2.45) is 5.73 Å². The van der Waals surface area contributed by atoms with Crippen molar-refractivity contribution in [1.29, 1.82) is 0 Å². The van der Waals surface area contributed by atoms with Gasteiger partial charge in [-0.15, -0.1) is 0 Å². The number of carbonyl (C=O) groups excluding carboxylic acids is 4. The van der Waals surface area contributed by atoms with Crippen molar-refractivity contribution in [1.82, 2.24) is 15.5 Å². The molecule has 3 atom stereocenters. The second kappa shape index (κ2) is 6.53. The molecule has 2 heterocycles. The summed E-state index contributed by atoms with van der Waals surface area (Å²) in [6.07, 6.45) is 0.830. The minimum Gasteiger partial charge on any atom is -0.460 e. The third kappa shape index (κ3) is 3.61. The maximum atomic E-state index is 12.1. The second-order valence-electron chi connectivity index (χ2n) is 6.04. The Morgan fingerprint density at radius 3 is 2.65 bits per heavy atom. The molecule has 3 unspecified atom stereocenters. The number of hydrogen-bond donors (Lipinski definition) is 3. The Bertz CT molecular complexity index is 529. The van der Waals surface area contributed by atoms with Gasteiger partial charge in [0.15, 0.2) is 0 Å². The summed E-state index contributed by atoms with van der Waals surface area (Å²) in [6.45, 7) is 3.78. The van der Waals surface area contributed by atoms with Crippen LogP contribution in [-0.2, 0) is 23.9 Å². The molecule has 2 aliphatic rings. The molecule has 3 amide bonds. The maximum absolute atomic E-state index is 12.1. The standard InChI is InChI=1S/C14H22N4O5/c1-8(23-9(2)19)11(12(15)21)17-10(20)6-18-7-14(13(18)22)4-3-5-16-14/h8,11,16H,3-7H2,1-2H3,(H2,15,21)(H,17,20). The maximum Gasteiger partial charge on any atom is 0.302 e. The largest absolute Gasteiger partial charge is 0.460 e. The van der Waals surface area contributed by atoms with Crippen LogP contribution in [-0.4, -0.2) is 65.9 Å². The van der Waals surface area contributed by atoms with Crippen molar-refractivity contribution < 1.29 is 23.9 Å². The molecule has 0 aliphatic carbocycles. The summed E-state index contributed by atoms with van der Waals surface area (Å²) in [5.74, 6) is -2.01. The van der Waals surface area contributed by atoms with E-state index in [4.69, 9.17) is 10.5 Å². The van der Waals surface area contributed by atoms with E-state index in [9.17, 15) is 19.2 Å². The summed E-state index contributed by atoms with van der Waals surface area (Å²) in [5, 5.41) is 5.58. The highest BCUT2D eigenvalue weighted by molar-refractivity contribution is 5.97. The van der Waals surface area contributed by atoms with Crippen molar-refractivity contribution in [2.75, 3.05) is 19.6 Å². The van der Waals surface area contributed by atoms with Crippen LogP contribution in [0.2, 0.25) is 0 Å². The summed E-state index contributed by atoms with van der Waals surface area (Å²) in [5.41, 5.74) is 4.72. The zero-order valence-corrected chi connectivity index (χ0v) is 13.3. The van der Waals surface area contributed by atoms with E-state index in [1.165, 1.54) is 18.7 Å². The Kier molecular flexibility index (Phi) is 4.88. The number of β-lactam (4-membered cyclic amide) rings is 1. The van der Waals surface area contributed by atoms with Crippen LogP contribution >= 0.6 is 0 Å². The Labute approximate surface area is 133 Å². The SMILES string of the molecule is CC(=O)OC(C)C(NC(=O)CN1CC2(CCCN2)C1=O)C(N)=O. The van der Waals surface area contributed by atoms with Crippen LogP contribution in [0.25, 0.3) is 0 Å². The highest BCUT2D eigenvalue weighted by atomic mass is 16.5. The van der Waals surface area contributed by atoms with Gasteiger partial charge in [-0.2, -0.15) is 0 Å². The Morgan fingerprint density at radius 2 is 2.17 bits per heavy atom. The third-order valence-electron chi connectivity index (χ3n) is 4.18. The molecule has 0 radical (unpaired) electrons. The number of primary amides is 1. The first-order valence-electron chi connectivity index (χ1n) is 7.55. The first-order valence-corrected chi connectivity index (χ1v) is 7.55. The van der Waals surface area contributed by atoms with Gasteiger partial charge in [-0.05, 0) is 26.3 Å². The lowest BCUT2D eigenvalue weighted by Gasteiger charge is -2.46. The summed E-state index contributed by atoms with van der Waals surface area (Å²) < 4.78 is 4.87. The van der Waals surface area contributed by atoms with Gasteiger partial charge in [0.2, 0.25) is 17.7 Å². The molecule has 0 aromatic rings. The Hall–Kier alpha value is -2.16. The van der Waals surface area contributed by atoms with Gasteiger partial charge in [-0.1, -0.05) is 0 Å². The highest BCUT2D eigenvalue weighted by Gasteiger charge is 2.53. The average molecular weight is 326 g/mol. The topological polar surface area (TPSA) is 131 Å². The fourth-order valence-corrected chi connectivity index (χ4v) is 3.07. The molecule has 9 nitrogen and oxygen atoms in total. The number of carbonyl (C=O) groups is 4. The van der Waals surface area contributed by atoms with Gasteiger partial charge in [0.1, 0.15) is 17.7 Å². The van der Waals surface area contributed by atoms with E-state index in [1.54, 1.807) is 0 Å². The summed E-state index contributed by atoms with van der Waals surface area (Å²) in [4.78, 5) is 47.9. The predicted octanol–water partition coefficient (Wildman–Crippen LogP) is -2.13. The molecule has 9 heteroatoms. The number of nitrogens with zero attached hydrogens (tertiary/aromatic N) is 1. The van der Waals surface area contributed by atoms with Crippen molar-refractivity contribution in [2.45, 2.75) is 44.4 Å². The van der Waals surface area contributed by atoms with Crippen LogP contribution in [0.15, 0.2) is 0 Å². The van der Waals surface area contributed by atoms with Crippen LogP contribution in [0.4, 0.5) is 0 Å². The first kappa shape index (κ1) is 17.2. The monoisotopic (exact) mass is 326 g/mol. The lowest BCUT2D eigenvalue weighted by molar-refractivity contribution is -0.155. The van der Waals surface area contributed by atoms with Crippen molar-refractivity contribution in [3.8, 4) is 0 Å². The van der Waals surface area contributed by atoms with Gasteiger partial charge < -0.3 is 26.0 Å². The third-order valence-corrected chi connectivity index (χ3v) is 4.18. The molecule has 2 saturated heterocycles. The fraction of sp³-hybridized carbons (Fsp3) is 0.714. The second-order valence-corrected chi connectivity index (χ2v) is 6.04. The van der Waals surface area contributed by atoms with Crippen molar-refractivity contribution in [3.63, 3.8) is 0 Å². The lowest BCUT2D eigenvalue weighted by Crippen LogP contribution is -2.72. The van der Waals surface area contributed by atoms with Gasteiger partial charge in [0, 0.05) is 13.5 Å². The van der Waals surface area contributed by atoms with Crippen LogP contribution in [0.5, 0.6) is 0 Å². The molecule has 0 aromatic carbocycles. The smallest absolute Gasteiger partial charge is 0.302 e. The Morgan fingerprint density at radius 1 is 1.48 bits per heavy atom. The minimum atomic E-state index is -1.14. The summed E-state index contributed by atoms with van der Waals surface area (Å²) in [6, 6.07) is -1.14. The predicted molar refractivity (Wildman–Crippen MR) is 78.9 cm³/mol. The first-order chi connectivity index (χ1) is 10.7. The van der Waals surface area contributed by atoms with Crippen molar-refractivity contribution >= 4 is 23.7 Å². The number of nitrogens with one attached hydrogen (secondary N) is 2. The van der Waals surface area contributed by atoms with Gasteiger partial charge in [-0.25, -0.2) is 0 Å². The molecule has 2 rings (SSSR count). The molecule has 128 valence electrons. The fourth-order valence-electron chi connectivity index (χ4n) is 3.07. The summed E-state index contributed by atoms with van der Waals surface area (Å²) in [7, 11) is 0. The zero-order chi connectivity index (χ0) is 17.2. The van der Waals surface area contributed by atoms with E-state index in [0.717, 1.165) is 19.4 Å². The number of rotatable bonds is 6. The van der Waals surface area contributed by atoms with Crippen LogP contribution < -0.4 is 16.4 Å². The minimum absolute atomic E-state index is 0.103. The number of amides is 3. The zero-order valence-electron chi connectivity index (χ0n) is 13.3. The number of ether oxygens (including phenoxy) is 1. The van der Waals surface area contributed by atoms with Gasteiger partial charge in [0.25, 0.3) is 0 Å². The van der Waals surface area contributed by atoms with Gasteiger partial charge in [-0.3, -0.25) is 19.2 Å². The number of likely N-dealkylation sites (tertiary alicyclic amines) is 1. The normalized spacial score (nSPS) is 25.7. The van der Waals surface area contributed by atoms with Crippen molar-refractivity contribution in [3.05, 3.63) is 0 Å². The molecule has 0 saturated carbocycles. The molecular weight excluding hydrogens is 304 g/mol. The molecule has 2 aliphatic heterocycles. The van der Waals surface area contributed by atoms with Crippen LogP contribution in [0.3, 0.4) is 0 Å². The van der Waals surface area contributed by atoms with Crippen LogP contribution in [0, 0.1) is 0 Å². The van der Waals surface area contributed by atoms with E-state index in [-0.39, 0.29) is 12.5 Å². The summed E-state index contributed by atoms with van der Waals surface area (Å²) >= 11 is 0. The van der Waals surface area contributed by atoms with E-state index in [0.29, 0.717) is 6.54 Å².